The predicted molar refractivity (Wildman–Crippen MR) is 116 cm³/mol. The van der Waals surface area contributed by atoms with Crippen LogP contribution < -0.4 is 0 Å². The fourth-order valence-corrected chi connectivity index (χ4v) is 4.78. The van der Waals surface area contributed by atoms with Gasteiger partial charge in [0.15, 0.2) is 0 Å². The molecule has 0 unspecified atom stereocenters. The highest BCUT2D eigenvalue weighted by molar-refractivity contribution is 6.22. The first-order chi connectivity index (χ1) is 15.0. The van der Waals surface area contributed by atoms with E-state index in [1.54, 1.807) is 17.0 Å². The van der Waals surface area contributed by atoms with Crippen LogP contribution in [0.3, 0.4) is 0 Å². The van der Waals surface area contributed by atoms with Crippen molar-refractivity contribution >= 4 is 23.6 Å². The van der Waals surface area contributed by atoms with E-state index in [0.717, 1.165) is 30.8 Å². The minimum atomic E-state index is -0.392. The summed E-state index contributed by atoms with van der Waals surface area (Å²) in [7, 11) is 0. The van der Waals surface area contributed by atoms with Gasteiger partial charge in [0.05, 0.1) is 11.1 Å². The fraction of sp³-hybridized carbons (Fsp3) is 0.500. The largest absolute Gasteiger partial charge is 0.342 e. The van der Waals surface area contributed by atoms with E-state index in [2.05, 4.69) is 6.58 Å². The van der Waals surface area contributed by atoms with E-state index in [0.29, 0.717) is 37.1 Å². The van der Waals surface area contributed by atoms with Crippen LogP contribution >= 0.6 is 0 Å². The molecule has 0 bridgehead atoms. The topological polar surface area (TPSA) is 78.0 Å². The molecule has 3 heterocycles. The second kappa shape index (κ2) is 9.04. The van der Waals surface area contributed by atoms with Crippen molar-refractivity contribution in [3.8, 4) is 0 Å². The molecule has 2 saturated heterocycles. The third-order valence-electron chi connectivity index (χ3n) is 6.58. The molecule has 4 rings (SSSR count). The summed E-state index contributed by atoms with van der Waals surface area (Å²) in [5, 5.41) is 0. The molecule has 3 aliphatic rings. The molecule has 3 aliphatic heterocycles. The quantitative estimate of drug-likeness (QED) is 0.551. The lowest BCUT2D eigenvalue weighted by Crippen LogP contribution is -2.44. The summed E-state index contributed by atoms with van der Waals surface area (Å²) >= 11 is 0. The van der Waals surface area contributed by atoms with Gasteiger partial charge in [-0.1, -0.05) is 18.9 Å². The Bertz CT molecular complexity index is 909. The summed E-state index contributed by atoms with van der Waals surface area (Å²) in [5.41, 5.74) is 0.992. The number of carbonyl (C=O) groups excluding carboxylic acids is 4. The van der Waals surface area contributed by atoms with Gasteiger partial charge in [0.25, 0.3) is 17.7 Å². The van der Waals surface area contributed by atoms with Crippen molar-refractivity contribution in [3.63, 3.8) is 0 Å². The molecule has 2 fully saturated rings. The molecule has 1 aromatic carbocycles. The molecule has 31 heavy (non-hydrogen) atoms. The minimum absolute atomic E-state index is 0.0196. The normalized spacial score (nSPS) is 19.9. The number of fused-ring (bicyclic) bond motifs is 1. The maximum Gasteiger partial charge on any atom is 0.261 e. The van der Waals surface area contributed by atoms with E-state index < -0.39 is 5.91 Å². The molecule has 1 aromatic rings. The minimum Gasteiger partial charge on any atom is -0.342 e. The van der Waals surface area contributed by atoms with Gasteiger partial charge >= 0.3 is 0 Å². The Morgan fingerprint density at radius 3 is 2.19 bits per heavy atom. The highest BCUT2D eigenvalue weighted by Gasteiger charge is 2.36. The third kappa shape index (κ3) is 4.13. The van der Waals surface area contributed by atoms with Crippen LogP contribution in [-0.4, -0.2) is 71.1 Å². The lowest BCUT2D eigenvalue weighted by Gasteiger charge is -2.34. The molecule has 7 nitrogen and oxygen atoms in total. The number of carbonyl (C=O) groups is 4. The van der Waals surface area contributed by atoms with E-state index in [1.807, 2.05) is 4.90 Å². The summed E-state index contributed by atoms with van der Waals surface area (Å²) in [6.45, 7) is 6.48. The molecule has 7 heteroatoms. The van der Waals surface area contributed by atoms with E-state index in [4.69, 9.17) is 0 Å². The number of likely N-dealkylation sites (tertiary alicyclic amines) is 2. The molecular formula is C24H29N3O4. The number of hydrogen-bond acceptors (Lipinski definition) is 4. The zero-order chi connectivity index (χ0) is 22.0. The van der Waals surface area contributed by atoms with Gasteiger partial charge in [-0.25, -0.2) is 0 Å². The summed E-state index contributed by atoms with van der Waals surface area (Å²) in [6, 6.07) is 4.69. The van der Waals surface area contributed by atoms with Gasteiger partial charge < -0.3 is 9.80 Å². The van der Waals surface area contributed by atoms with Crippen LogP contribution in [0, 0.1) is 5.92 Å². The van der Waals surface area contributed by atoms with Crippen molar-refractivity contribution < 1.29 is 19.2 Å². The summed E-state index contributed by atoms with van der Waals surface area (Å²) < 4.78 is 0. The molecular weight excluding hydrogens is 394 g/mol. The summed E-state index contributed by atoms with van der Waals surface area (Å²) in [5.74, 6) is -0.694. The van der Waals surface area contributed by atoms with E-state index >= 15 is 0 Å². The Morgan fingerprint density at radius 2 is 1.55 bits per heavy atom. The van der Waals surface area contributed by atoms with Gasteiger partial charge in [-0.2, -0.15) is 0 Å². The molecule has 0 saturated carbocycles. The van der Waals surface area contributed by atoms with Crippen LogP contribution in [0.4, 0.5) is 0 Å². The van der Waals surface area contributed by atoms with E-state index in [1.165, 1.54) is 25.0 Å². The third-order valence-corrected chi connectivity index (χ3v) is 6.58. The molecule has 0 N–H and O–H groups in total. The molecule has 0 aliphatic carbocycles. The first kappa shape index (κ1) is 21.3. The van der Waals surface area contributed by atoms with Gasteiger partial charge in [-0.3, -0.25) is 24.1 Å². The fourth-order valence-electron chi connectivity index (χ4n) is 4.78. The first-order valence-corrected chi connectivity index (χ1v) is 11.2. The zero-order valence-electron chi connectivity index (χ0n) is 17.8. The number of hydrogen-bond donors (Lipinski definition) is 0. The molecule has 164 valence electrons. The van der Waals surface area contributed by atoms with E-state index in [-0.39, 0.29) is 35.7 Å². The molecule has 0 spiro atoms. The van der Waals surface area contributed by atoms with Gasteiger partial charge in [-0.05, 0) is 43.9 Å². The molecule has 0 aromatic heterocycles. The van der Waals surface area contributed by atoms with Gasteiger partial charge in [0.2, 0.25) is 5.91 Å². The average molecular weight is 424 g/mol. The van der Waals surface area contributed by atoms with E-state index in [9.17, 15) is 19.2 Å². The van der Waals surface area contributed by atoms with Crippen molar-refractivity contribution in [1.82, 2.24) is 14.7 Å². The highest BCUT2D eigenvalue weighted by Crippen LogP contribution is 2.26. The Morgan fingerprint density at radius 1 is 0.903 bits per heavy atom. The molecule has 4 amide bonds. The Labute approximate surface area is 182 Å². The second-order valence-electron chi connectivity index (χ2n) is 8.58. The van der Waals surface area contributed by atoms with Crippen molar-refractivity contribution in [2.24, 2.45) is 5.92 Å². The zero-order valence-corrected chi connectivity index (χ0v) is 17.8. The lowest BCUT2D eigenvalue weighted by atomic mass is 9.94. The van der Waals surface area contributed by atoms with Crippen molar-refractivity contribution in [3.05, 3.63) is 47.5 Å². The lowest BCUT2D eigenvalue weighted by molar-refractivity contribution is -0.136. The van der Waals surface area contributed by atoms with Crippen LogP contribution in [0.15, 0.2) is 30.9 Å². The second-order valence-corrected chi connectivity index (χ2v) is 8.58. The highest BCUT2D eigenvalue weighted by atomic mass is 16.2. The number of rotatable bonds is 4. The number of piperidine rings is 1. The maximum absolute atomic E-state index is 13.0. The first-order valence-electron chi connectivity index (χ1n) is 11.2. The van der Waals surface area contributed by atoms with Gasteiger partial charge in [0.1, 0.15) is 0 Å². The number of nitrogens with zero attached hydrogens (tertiary/aromatic N) is 3. The van der Waals surface area contributed by atoms with Gasteiger partial charge in [0, 0.05) is 44.2 Å². The average Bonchev–Trinajstić information content (AvgIpc) is 2.99. The molecule has 0 atom stereocenters. The predicted octanol–water partition coefficient (Wildman–Crippen LogP) is 2.72. The van der Waals surface area contributed by atoms with Crippen molar-refractivity contribution in [2.45, 2.75) is 38.5 Å². The number of benzene rings is 1. The van der Waals surface area contributed by atoms with Crippen LogP contribution in [0.1, 0.15) is 69.6 Å². The Balaban J connectivity index is 1.39. The van der Waals surface area contributed by atoms with Crippen molar-refractivity contribution in [2.75, 3.05) is 32.7 Å². The van der Waals surface area contributed by atoms with Gasteiger partial charge in [-0.15, -0.1) is 6.58 Å². The SMILES string of the molecule is C=CCN1C(=O)c2ccc(C(=O)N3CCC(C(=O)N4CCCCCC4)CC3)cc2C1=O. The number of amides is 4. The summed E-state index contributed by atoms with van der Waals surface area (Å²) in [6.07, 6.45) is 7.37. The van der Waals surface area contributed by atoms with Crippen LogP contribution in [0.5, 0.6) is 0 Å². The van der Waals surface area contributed by atoms with Crippen LogP contribution in [0.2, 0.25) is 0 Å². The standard InChI is InChI=1S/C24H29N3O4/c1-2-11-27-23(30)19-8-7-18(16-20(19)24(27)31)22(29)26-14-9-17(10-15-26)21(28)25-12-5-3-4-6-13-25/h2,7-8,16-17H,1,3-6,9-15H2. The molecule has 0 radical (unpaired) electrons. The summed E-state index contributed by atoms with van der Waals surface area (Å²) in [4.78, 5) is 55.7. The van der Waals surface area contributed by atoms with Crippen molar-refractivity contribution in [1.29, 1.82) is 0 Å². The Kier molecular flexibility index (Phi) is 6.20. The monoisotopic (exact) mass is 423 g/mol. The maximum atomic E-state index is 13.0. The van der Waals surface area contributed by atoms with Crippen LogP contribution in [-0.2, 0) is 4.79 Å². The van der Waals surface area contributed by atoms with Crippen LogP contribution in [0.25, 0.3) is 0 Å². The smallest absolute Gasteiger partial charge is 0.261 e. The number of imide groups is 1. The Hall–Kier alpha value is -2.96.